The lowest BCUT2D eigenvalue weighted by Crippen LogP contribution is -2.44. The van der Waals surface area contributed by atoms with Crippen molar-refractivity contribution < 1.29 is 4.79 Å². The minimum absolute atomic E-state index is 0.104. The van der Waals surface area contributed by atoms with Crippen LogP contribution >= 0.6 is 15.9 Å². The Morgan fingerprint density at radius 2 is 1.88 bits per heavy atom. The van der Waals surface area contributed by atoms with Crippen molar-refractivity contribution in [3.05, 3.63) is 106 Å². The highest BCUT2D eigenvalue weighted by atomic mass is 79.9. The molecule has 3 atom stereocenters. The van der Waals surface area contributed by atoms with Crippen molar-refractivity contribution in [2.24, 2.45) is 10.9 Å². The van der Waals surface area contributed by atoms with Crippen LogP contribution in [-0.2, 0) is 4.79 Å². The summed E-state index contributed by atoms with van der Waals surface area (Å²) in [4.78, 5) is 19.9. The number of allylic oxidation sites excluding steroid dienone is 3. The van der Waals surface area contributed by atoms with Crippen molar-refractivity contribution in [1.82, 2.24) is 0 Å². The number of carbonyl (C=O) groups is 1. The number of aryl methyl sites for hydroxylation is 1. The normalized spacial score (nSPS) is 23.7. The number of dihydropyridines is 1. The van der Waals surface area contributed by atoms with E-state index in [-0.39, 0.29) is 23.8 Å². The number of carbonyl (C=O) groups excluding carboxylic acids is 1. The Balaban J connectivity index is 1.73. The molecule has 0 amide bonds. The highest BCUT2D eigenvalue weighted by molar-refractivity contribution is 9.10. The number of aliphatic imine (C=N–C) groups is 1. The second kappa shape index (κ2) is 8.51. The maximum absolute atomic E-state index is 12.5. The van der Waals surface area contributed by atoms with Crippen LogP contribution in [0.25, 0.3) is 5.70 Å². The van der Waals surface area contributed by atoms with Crippen molar-refractivity contribution >= 4 is 38.8 Å². The van der Waals surface area contributed by atoms with Gasteiger partial charge in [0.25, 0.3) is 0 Å². The van der Waals surface area contributed by atoms with Gasteiger partial charge in [-0.15, -0.1) is 0 Å². The summed E-state index contributed by atoms with van der Waals surface area (Å²) in [6, 6.07) is 16.9. The summed E-state index contributed by atoms with van der Waals surface area (Å²) in [7, 11) is 0. The van der Waals surface area contributed by atoms with Crippen molar-refractivity contribution in [3.8, 4) is 0 Å². The van der Waals surface area contributed by atoms with E-state index in [0.717, 1.165) is 32.7 Å². The first-order valence-corrected chi connectivity index (χ1v) is 11.8. The summed E-state index contributed by atoms with van der Waals surface area (Å²) in [6.07, 6.45) is 13.5. The average molecular weight is 485 g/mol. The molecule has 32 heavy (non-hydrogen) atoms. The van der Waals surface area contributed by atoms with Crippen LogP contribution < -0.4 is 4.90 Å². The van der Waals surface area contributed by atoms with Crippen LogP contribution in [0.2, 0.25) is 0 Å². The fourth-order valence-corrected chi connectivity index (χ4v) is 5.02. The van der Waals surface area contributed by atoms with Crippen LogP contribution in [0.1, 0.15) is 24.5 Å². The number of nitrogens with zero attached hydrogens (tertiary/aromatic N) is 2. The SMILES string of the molecule is CC(=O)CC1C2=CC3C=CC=CC3N=C2C=C(c2cccc(C)c2)N1c1ccc(Br)cc1. The van der Waals surface area contributed by atoms with Crippen LogP contribution in [0.4, 0.5) is 5.69 Å². The molecule has 2 aliphatic heterocycles. The Hall–Kier alpha value is -2.98. The molecule has 0 radical (unpaired) electrons. The molecule has 0 fully saturated rings. The average Bonchev–Trinajstić information content (AvgIpc) is 2.78. The molecule has 5 rings (SSSR count). The molecular formula is C28H25BrN2O. The number of fused-ring (bicyclic) bond motifs is 2. The number of halogens is 1. The predicted molar refractivity (Wildman–Crippen MR) is 136 cm³/mol. The van der Waals surface area contributed by atoms with Gasteiger partial charge in [-0.3, -0.25) is 9.79 Å². The van der Waals surface area contributed by atoms with Gasteiger partial charge in [0.1, 0.15) is 5.78 Å². The molecule has 0 bridgehead atoms. The van der Waals surface area contributed by atoms with E-state index in [2.05, 4.69) is 113 Å². The zero-order valence-electron chi connectivity index (χ0n) is 18.2. The molecule has 2 aromatic rings. The zero-order valence-corrected chi connectivity index (χ0v) is 19.8. The Morgan fingerprint density at radius 3 is 2.62 bits per heavy atom. The lowest BCUT2D eigenvalue weighted by Gasteiger charge is -2.42. The topological polar surface area (TPSA) is 32.7 Å². The minimum atomic E-state index is -0.104. The summed E-state index contributed by atoms with van der Waals surface area (Å²) in [5.74, 6) is 0.401. The molecule has 2 aromatic carbocycles. The van der Waals surface area contributed by atoms with E-state index in [1.165, 1.54) is 5.56 Å². The molecule has 0 spiro atoms. The maximum Gasteiger partial charge on any atom is 0.132 e. The number of Topliss-reactive ketones (excluding diaryl/α,β-unsaturated/α-hetero) is 1. The first kappa shape index (κ1) is 20.9. The smallest absolute Gasteiger partial charge is 0.132 e. The molecule has 4 heteroatoms. The van der Waals surface area contributed by atoms with E-state index in [4.69, 9.17) is 4.99 Å². The van der Waals surface area contributed by atoms with Gasteiger partial charge >= 0.3 is 0 Å². The third kappa shape index (κ3) is 3.95. The Labute approximate surface area is 197 Å². The third-order valence-corrected chi connectivity index (χ3v) is 6.73. The number of ketones is 1. The zero-order chi connectivity index (χ0) is 22.2. The lowest BCUT2D eigenvalue weighted by atomic mass is 9.81. The van der Waals surface area contributed by atoms with Crippen LogP contribution in [0.5, 0.6) is 0 Å². The molecule has 3 unspecified atom stereocenters. The van der Waals surface area contributed by atoms with E-state index in [1.807, 2.05) is 0 Å². The van der Waals surface area contributed by atoms with Gasteiger partial charge in [-0.2, -0.15) is 0 Å². The molecule has 3 aliphatic rings. The highest BCUT2D eigenvalue weighted by Gasteiger charge is 2.37. The Bertz CT molecular complexity index is 1220. The first-order chi connectivity index (χ1) is 15.5. The molecular weight excluding hydrogens is 460 g/mol. The number of anilines is 1. The van der Waals surface area contributed by atoms with Crippen molar-refractivity contribution in [3.63, 3.8) is 0 Å². The monoisotopic (exact) mass is 484 g/mol. The summed E-state index contributed by atoms with van der Waals surface area (Å²) in [5.41, 5.74) is 6.60. The van der Waals surface area contributed by atoms with E-state index in [9.17, 15) is 4.79 Å². The number of hydrogen-bond acceptors (Lipinski definition) is 3. The molecule has 2 heterocycles. The summed E-state index contributed by atoms with van der Waals surface area (Å²) in [6.45, 7) is 3.79. The van der Waals surface area contributed by atoms with Crippen molar-refractivity contribution in [2.75, 3.05) is 4.90 Å². The van der Waals surface area contributed by atoms with Gasteiger partial charge in [0, 0.05) is 22.5 Å². The number of benzene rings is 2. The fraction of sp³-hybridized carbons (Fsp3) is 0.214. The van der Waals surface area contributed by atoms with Gasteiger partial charge < -0.3 is 4.90 Å². The second-order valence-corrected chi connectivity index (χ2v) is 9.56. The van der Waals surface area contributed by atoms with Crippen molar-refractivity contribution in [2.45, 2.75) is 32.4 Å². The van der Waals surface area contributed by atoms with Crippen LogP contribution in [0.3, 0.4) is 0 Å². The van der Waals surface area contributed by atoms with Crippen LogP contribution in [0.15, 0.2) is 100 Å². The quantitative estimate of drug-likeness (QED) is 0.498. The van der Waals surface area contributed by atoms with E-state index in [1.54, 1.807) is 6.92 Å². The molecule has 3 nitrogen and oxygen atoms in total. The second-order valence-electron chi connectivity index (χ2n) is 8.64. The number of hydrogen-bond donors (Lipinski definition) is 0. The summed E-state index contributed by atoms with van der Waals surface area (Å²) in [5, 5.41) is 0. The third-order valence-electron chi connectivity index (χ3n) is 6.21. The molecule has 160 valence electrons. The summed E-state index contributed by atoms with van der Waals surface area (Å²) < 4.78 is 1.03. The van der Waals surface area contributed by atoms with Gasteiger partial charge in [-0.25, -0.2) is 0 Å². The van der Waals surface area contributed by atoms with Gasteiger partial charge in [0.15, 0.2) is 0 Å². The lowest BCUT2D eigenvalue weighted by molar-refractivity contribution is -0.117. The van der Waals surface area contributed by atoms with E-state index >= 15 is 0 Å². The summed E-state index contributed by atoms with van der Waals surface area (Å²) >= 11 is 3.56. The fourth-order valence-electron chi connectivity index (χ4n) is 4.75. The van der Waals surface area contributed by atoms with Crippen molar-refractivity contribution in [1.29, 1.82) is 0 Å². The van der Waals surface area contributed by atoms with Gasteiger partial charge in [0.2, 0.25) is 0 Å². The van der Waals surface area contributed by atoms with Gasteiger partial charge in [0.05, 0.1) is 23.5 Å². The maximum atomic E-state index is 12.5. The molecule has 0 saturated carbocycles. The molecule has 0 N–H and O–H groups in total. The molecule has 0 saturated heterocycles. The van der Waals surface area contributed by atoms with Gasteiger partial charge in [-0.1, -0.05) is 70.1 Å². The number of rotatable bonds is 4. The van der Waals surface area contributed by atoms with E-state index < -0.39 is 0 Å². The largest absolute Gasteiger partial charge is 0.333 e. The van der Waals surface area contributed by atoms with Crippen LogP contribution in [-0.4, -0.2) is 23.6 Å². The van der Waals surface area contributed by atoms with E-state index in [0.29, 0.717) is 6.42 Å². The Morgan fingerprint density at radius 1 is 1.09 bits per heavy atom. The van der Waals surface area contributed by atoms with Crippen LogP contribution in [0, 0.1) is 12.8 Å². The molecule has 0 aromatic heterocycles. The Kier molecular flexibility index (Phi) is 5.56. The molecule has 1 aliphatic carbocycles. The standard InChI is InChI=1S/C28H25BrN2O/c1-18-6-5-8-21(14-18)27-17-26-24(16-20-7-3-4-9-25(20)30-26)28(15-19(2)32)31(27)23-12-10-22(29)11-13-23/h3-14,16-17,20,25,28H,15H2,1-2H3. The minimum Gasteiger partial charge on any atom is -0.333 e. The highest BCUT2D eigenvalue weighted by Crippen LogP contribution is 2.40. The first-order valence-electron chi connectivity index (χ1n) is 11.0. The predicted octanol–water partition coefficient (Wildman–Crippen LogP) is 6.46. The van der Waals surface area contributed by atoms with Gasteiger partial charge in [-0.05, 0) is 61.4 Å².